The van der Waals surface area contributed by atoms with Crippen molar-refractivity contribution < 1.29 is 9.59 Å². The van der Waals surface area contributed by atoms with Crippen molar-refractivity contribution in [3.63, 3.8) is 0 Å². The summed E-state index contributed by atoms with van der Waals surface area (Å²) < 4.78 is 0. The number of hydrogen-bond acceptors (Lipinski definition) is 3. The van der Waals surface area contributed by atoms with Gasteiger partial charge in [0, 0.05) is 12.6 Å². The Morgan fingerprint density at radius 1 is 1.40 bits per heavy atom. The van der Waals surface area contributed by atoms with Gasteiger partial charge in [0.05, 0.1) is 0 Å². The summed E-state index contributed by atoms with van der Waals surface area (Å²) in [6.45, 7) is 0.417. The first-order valence-corrected chi connectivity index (χ1v) is 5.80. The van der Waals surface area contributed by atoms with Crippen molar-refractivity contribution in [3.8, 4) is 0 Å². The number of nitrogens with one attached hydrogen (secondary N) is 2. The summed E-state index contributed by atoms with van der Waals surface area (Å²) in [5.41, 5.74) is 1.02. The molecule has 0 bridgehead atoms. The fourth-order valence-electron chi connectivity index (χ4n) is 1.13. The quantitative estimate of drug-likeness (QED) is 0.740. The minimum absolute atomic E-state index is 0.226. The van der Waals surface area contributed by atoms with Crippen LogP contribution in [0.25, 0.3) is 0 Å². The second-order valence-corrected chi connectivity index (χ2v) is 4.34. The highest BCUT2D eigenvalue weighted by Crippen LogP contribution is 2.18. The molecule has 1 saturated carbocycles. The SMILES string of the molecule is O=C(NCc1ccsc1)C(=O)NC1CC1. The number of carbonyl (C=O) groups excluding carboxylic acids is 2. The van der Waals surface area contributed by atoms with Gasteiger partial charge in [0.25, 0.3) is 0 Å². The third-order valence-electron chi connectivity index (χ3n) is 2.15. The summed E-state index contributed by atoms with van der Waals surface area (Å²) in [5.74, 6) is -1.07. The van der Waals surface area contributed by atoms with Crippen LogP contribution in [0.1, 0.15) is 18.4 Å². The van der Waals surface area contributed by atoms with Crippen LogP contribution in [0.15, 0.2) is 16.8 Å². The Labute approximate surface area is 91.7 Å². The van der Waals surface area contributed by atoms with Crippen molar-refractivity contribution in [1.29, 1.82) is 0 Å². The maximum absolute atomic E-state index is 11.3. The van der Waals surface area contributed by atoms with E-state index >= 15 is 0 Å². The molecule has 15 heavy (non-hydrogen) atoms. The van der Waals surface area contributed by atoms with E-state index in [0.29, 0.717) is 6.54 Å². The van der Waals surface area contributed by atoms with Gasteiger partial charge in [-0.2, -0.15) is 11.3 Å². The van der Waals surface area contributed by atoms with Gasteiger partial charge in [0.1, 0.15) is 0 Å². The van der Waals surface area contributed by atoms with Crippen LogP contribution < -0.4 is 10.6 Å². The minimum Gasteiger partial charge on any atom is -0.345 e. The van der Waals surface area contributed by atoms with Gasteiger partial charge >= 0.3 is 11.8 Å². The van der Waals surface area contributed by atoms with Crippen LogP contribution in [-0.2, 0) is 16.1 Å². The molecule has 0 aliphatic heterocycles. The van der Waals surface area contributed by atoms with Crippen molar-refractivity contribution in [1.82, 2.24) is 10.6 Å². The van der Waals surface area contributed by atoms with Crippen LogP contribution >= 0.6 is 11.3 Å². The van der Waals surface area contributed by atoms with E-state index in [2.05, 4.69) is 10.6 Å². The molecule has 80 valence electrons. The lowest BCUT2D eigenvalue weighted by molar-refractivity contribution is -0.139. The lowest BCUT2D eigenvalue weighted by atomic mass is 10.3. The highest BCUT2D eigenvalue weighted by Gasteiger charge is 2.26. The molecular formula is C10H12N2O2S. The van der Waals surface area contributed by atoms with Crippen molar-refractivity contribution in [2.45, 2.75) is 25.4 Å². The molecule has 1 aromatic rings. The van der Waals surface area contributed by atoms with Crippen LogP contribution in [0.5, 0.6) is 0 Å². The second-order valence-electron chi connectivity index (χ2n) is 3.56. The summed E-state index contributed by atoms with van der Waals surface area (Å²) in [6, 6.07) is 2.15. The van der Waals surface area contributed by atoms with E-state index < -0.39 is 11.8 Å². The van der Waals surface area contributed by atoms with Gasteiger partial charge in [-0.3, -0.25) is 9.59 Å². The Morgan fingerprint density at radius 3 is 2.80 bits per heavy atom. The highest BCUT2D eigenvalue weighted by atomic mass is 32.1. The predicted octanol–water partition coefficient (Wildman–Crippen LogP) is 0.643. The molecule has 0 radical (unpaired) electrons. The van der Waals surface area contributed by atoms with Crippen LogP contribution in [0.2, 0.25) is 0 Å². The second kappa shape index (κ2) is 4.44. The molecule has 2 amide bonds. The Morgan fingerprint density at radius 2 is 2.20 bits per heavy atom. The topological polar surface area (TPSA) is 58.2 Å². The van der Waals surface area contributed by atoms with Gasteiger partial charge < -0.3 is 10.6 Å². The van der Waals surface area contributed by atoms with Gasteiger partial charge in [0.2, 0.25) is 0 Å². The van der Waals surface area contributed by atoms with Crippen LogP contribution in [-0.4, -0.2) is 17.9 Å². The Balaban J connectivity index is 1.73. The Hall–Kier alpha value is -1.36. The van der Waals surface area contributed by atoms with E-state index in [1.807, 2.05) is 16.8 Å². The molecule has 1 aromatic heterocycles. The third-order valence-corrected chi connectivity index (χ3v) is 2.88. The summed E-state index contributed by atoms with van der Waals surface area (Å²) in [7, 11) is 0. The van der Waals surface area contributed by atoms with Gasteiger partial charge in [-0.1, -0.05) is 0 Å². The monoisotopic (exact) mass is 224 g/mol. The van der Waals surface area contributed by atoms with E-state index in [0.717, 1.165) is 18.4 Å². The number of thiophene rings is 1. The molecule has 1 aliphatic rings. The summed E-state index contributed by atoms with van der Waals surface area (Å²) >= 11 is 1.57. The lowest BCUT2D eigenvalue weighted by Crippen LogP contribution is -2.40. The first kappa shape index (κ1) is 10.2. The number of amides is 2. The molecule has 2 rings (SSSR count). The minimum atomic E-state index is -0.548. The maximum Gasteiger partial charge on any atom is 0.309 e. The molecular weight excluding hydrogens is 212 g/mol. The molecule has 1 heterocycles. The zero-order valence-electron chi connectivity index (χ0n) is 8.16. The zero-order valence-corrected chi connectivity index (χ0v) is 8.97. The van der Waals surface area contributed by atoms with Crippen molar-refractivity contribution in [3.05, 3.63) is 22.4 Å². The van der Waals surface area contributed by atoms with Crippen LogP contribution in [0.3, 0.4) is 0 Å². The first-order chi connectivity index (χ1) is 7.25. The number of hydrogen-bond donors (Lipinski definition) is 2. The van der Waals surface area contributed by atoms with E-state index in [9.17, 15) is 9.59 Å². The lowest BCUT2D eigenvalue weighted by Gasteiger charge is -2.03. The molecule has 5 heteroatoms. The molecule has 1 aliphatic carbocycles. The third kappa shape index (κ3) is 3.06. The first-order valence-electron chi connectivity index (χ1n) is 4.85. The van der Waals surface area contributed by atoms with E-state index in [-0.39, 0.29) is 6.04 Å². The van der Waals surface area contributed by atoms with Gasteiger partial charge in [0.15, 0.2) is 0 Å². The highest BCUT2D eigenvalue weighted by molar-refractivity contribution is 7.07. The van der Waals surface area contributed by atoms with Gasteiger partial charge in [-0.05, 0) is 35.2 Å². The van der Waals surface area contributed by atoms with E-state index in [4.69, 9.17) is 0 Å². The van der Waals surface area contributed by atoms with E-state index in [1.54, 1.807) is 11.3 Å². The van der Waals surface area contributed by atoms with Crippen LogP contribution in [0.4, 0.5) is 0 Å². The van der Waals surface area contributed by atoms with Crippen molar-refractivity contribution >= 4 is 23.2 Å². The average Bonchev–Trinajstić information content (AvgIpc) is 2.88. The fraction of sp³-hybridized carbons (Fsp3) is 0.400. The molecule has 0 spiro atoms. The largest absolute Gasteiger partial charge is 0.345 e. The van der Waals surface area contributed by atoms with E-state index in [1.165, 1.54) is 0 Å². The summed E-state index contributed by atoms with van der Waals surface area (Å²) in [5, 5.41) is 9.09. The predicted molar refractivity (Wildman–Crippen MR) is 57.3 cm³/mol. The fourth-order valence-corrected chi connectivity index (χ4v) is 1.80. The number of carbonyl (C=O) groups is 2. The Bertz CT molecular complexity index is 358. The molecule has 0 atom stereocenters. The Kier molecular flexibility index (Phi) is 3.01. The smallest absolute Gasteiger partial charge is 0.309 e. The maximum atomic E-state index is 11.3. The van der Waals surface area contributed by atoms with Crippen LogP contribution in [0, 0.1) is 0 Å². The van der Waals surface area contributed by atoms with Crippen molar-refractivity contribution in [2.75, 3.05) is 0 Å². The zero-order chi connectivity index (χ0) is 10.7. The van der Waals surface area contributed by atoms with Crippen molar-refractivity contribution in [2.24, 2.45) is 0 Å². The van der Waals surface area contributed by atoms with Gasteiger partial charge in [-0.15, -0.1) is 0 Å². The molecule has 0 unspecified atom stereocenters. The average molecular weight is 224 g/mol. The van der Waals surface area contributed by atoms with Gasteiger partial charge in [-0.25, -0.2) is 0 Å². The molecule has 2 N–H and O–H groups in total. The normalized spacial score (nSPS) is 14.7. The molecule has 0 saturated heterocycles. The standard InChI is InChI=1S/C10H12N2O2S/c13-9(10(14)12-8-1-2-8)11-5-7-3-4-15-6-7/h3-4,6,8H,1-2,5H2,(H,11,13)(H,12,14). The molecule has 4 nitrogen and oxygen atoms in total. The summed E-state index contributed by atoms with van der Waals surface area (Å²) in [6.07, 6.45) is 1.98. The molecule has 0 aromatic carbocycles. The number of rotatable bonds is 3. The molecule has 1 fully saturated rings. The summed E-state index contributed by atoms with van der Waals surface area (Å²) in [4.78, 5) is 22.5.